The Bertz CT molecular complexity index is 2330. The van der Waals surface area contributed by atoms with Gasteiger partial charge in [-0.3, -0.25) is 24.1 Å². The zero-order valence-electron chi connectivity index (χ0n) is 29.3. The Morgan fingerprint density at radius 2 is 1.23 bits per heavy atom. The number of hydrogen-bond donors (Lipinski definition) is 1. The summed E-state index contributed by atoms with van der Waals surface area (Å²) in [7, 11) is -3.73. The molecule has 0 unspecified atom stereocenters. The molecule has 1 N–H and O–H groups in total. The first-order chi connectivity index (χ1) is 22.4. The van der Waals surface area contributed by atoms with Crippen LogP contribution in [0.25, 0.3) is 43.1 Å². The molecule has 0 bridgehead atoms. The van der Waals surface area contributed by atoms with Gasteiger partial charge in [0.15, 0.2) is 6.29 Å². The van der Waals surface area contributed by atoms with Crippen molar-refractivity contribution in [2.24, 2.45) is 0 Å². The second-order valence-electron chi connectivity index (χ2n) is 15.4. The fourth-order valence-corrected chi connectivity index (χ4v) is 7.65. The summed E-state index contributed by atoms with van der Waals surface area (Å²) in [6, 6.07) is 10.6. The summed E-state index contributed by atoms with van der Waals surface area (Å²) in [6.07, 6.45) is 0.800. The van der Waals surface area contributed by atoms with Gasteiger partial charge in [0.2, 0.25) is 0 Å². The highest BCUT2D eigenvalue weighted by atomic mass is 28.3. The van der Waals surface area contributed by atoms with Gasteiger partial charge in [0.1, 0.15) is 16.1 Å². The number of nitrogens with zero attached hydrogens (tertiary/aromatic N) is 1. The van der Waals surface area contributed by atoms with Gasteiger partial charge in [0, 0.05) is 77.8 Å². The molecular weight excluding hydrogens is 629 g/mol. The van der Waals surface area contributed by atoms with E-state index in [-0.39, 0.29) is 29.8 Å². The molecule has 6 nitrogen and oxygen atoms in total. The summed E-state index contributed by atoms with van der Waals surface area (Å²) in [5, 5.41) is 8.88. The van der Waals surface area contributed by atoms with Crippen LogP contribution in [0.3, 0.4) is 0 Å². The molecule has 3 amide bonds. The Balaban J connectivity index is 1.95. The van der Waals surface area contributed by atoms with Gasteiger partial charge in [-0.05, 0) is 62.7 Å². The lowest BCUT2D eigenvalue weighted by molar-refractivity contribution is 0.0563. The zero-order chi connectivity index (χ0) is 35.0. The van der Waals surface area contributed by atoms with E-state index in [1.165, 1.54) is 4.90 Å². The molecule has 8 heteroatoms. The Labute approximate surface area is 283 Å². The highest BCUT2D eigenvalue weighted by Crippen LogP contribution is 2.47. The van der Waals surface area contributed by atoms with E-state index in [1.807, 2.05) is 45.9 Å². The van der Waals surface area contributed by atoms with Crippen molar-refractivity contribution in [1.29, 1.82) is 0 Å². The maximum absolute atomic E-state index is 14.1. The van der Waals surface area contributed by atoms with Crippen molar-refractivity contribution in [1.82, 2.24) is 10.2 Å². The molecule has 0 saturated carbocycles. The molecule has 5 aromatic rings. The third-order valence-electron chi connectivity index (χ3n) is 8.49. The highest BCUT2D eigenvalue weighted by Gasteiger charge is 2.37. The molecule has 5 aromatic carbocycles. The highest BCUT2D eigenvalue weighted by molar-refractivity contribution is 6.84. The first-order valence-electron chi connectivity index (χ1n) is 16.4. The topological polar surface area (TPSA) is 83.6 Å². The molecular formula is C40H40N2O4Si2. The molecule has 1 aliphatic heterocycles. The van der Waals surface area contributed by atoms with Crippen LogP contribution in [0.15, 0.2) is 36.4 Å². The Morgan fingerprint density at radius 1 is 0.708 bits per heavy atom. The second kappa shape index (κ2) is 11.4. The van der Waals surface area contributed by atoms with E-state index < -0.39 is 16.1 Å². The lowest BCUT2D eigenvalue weighted by atomic mass is 9.80. The molecule has 0 aliphatic carbocycles. The van der Waals surface area contributed by atoms with Crippen LogP contribution in [0.2, 0.25) is 39.3 Å². The normalized spacial score (nSPS) is 13.5. The van der Waals surface area contributed by atoms with Gasteiger partial charge >= 0.3 is 0 Å². The van der Waals surface area contributed by atoms with Crippen molar-refractivity contribution in [3.8, 4) is 22.9 Å². The minimum absolute atomic E-state index is 0.109. The number of nitrogens with one attached hydrogen (secondary N) is 1. The minimum atomic E-state index is -1.87. The van der Waals surface area contributed by atoms with Gasteiger partial charge in [-0.2, -0.15) is 0 Å². The molecule has 242 valence electrons. The molecule has 0 atom stereocenters. The van der Waals surface area contributed by atoms with Crippen molar-refractivity contribution in [2.45, 2.75) is 79.1 Å². The van der Waals surface area contributed by atoms with Gasteiger partial charge < -0.3 is 5.32 Å². The van der Waals surface area contributed by atoms with Crippen LogP contribution < -0.4 is 5.32 Å². The number of hydrogen-bond acceptors (Lipinski definition) is 4. The average Bonchev–Trinajstić information content (AvgIpc) is 2.99. The first-order valence-corrected chi connectivity index (χ1v) is 23.4. The lowest BCUT2D eigenvalue weighted by Gasteiger charge is -2.31. The fourth-order valence-electron chi connectivity index (χ4n) is 6.63. The SMILES string of the molecule is CC(C)NC(=O)c1ccc2c3c(C#C[Si](C)(C)C)cc4c5c(ccc(c6c(C#C[Si](C)(C)C)cc(C=O)c1c26)c53)C(=O)N(C(C)C)C4=O. The number of rotatable bonds is 4. The summed E-state index contributed by atoms with van der Waals surface area (Å²) in [5.74, 6) is 5.96. The third-order valence-corrected chi connectivity index (χ3v) is 10.2. The van der Waals surface area contributed by atoms with E-state index in [1.54, 1.807) is 18.2 Å². The number of benzene rings is 5. The number of carbonyl (C=O) groups excluding carboxylic acids is 4. The third kappa shape index (κ3) is 5.39. The first kappa shape index (κ1) is 33.1. The largest absolute Gasteiger partial charge is 0.350 e. The van der Waals surface area contributed by atoms with Gasteiger partial charge in [0.05, 0.1) is 0 Å². The average molecular weight is 669 g/mol. The molecule has 0 radical (unpaired) electrons. The molecule has 1 aliphatic rings. The van der Waals surface area contributed by atoms with Crippen LogP contribution >= 0.6 is 0 Å². The Hall–Kier alpha value is -4.77. The van der Waals surface area contributed by atoms with E-state index in [4.69, 9.17) is 0 Å². The monoisotopic (exact) mass is 668 g/mol. The second-order valence-corrected chi connectivity index (χ2v) is 24.9. The fraction of sp³-hybridized carbons (Fsp3) is 0.300. The number of imide groups is 1. The summed E-state index contributed by atoms with van der Waals surface area (Å²) >= 11 is 0. The van der Waals surface area contributed by atoms with Gasteiger partial charge in [-0.15, -0.1) is 11.1 Å². The Morgan fingerprint density at radius 3 is 1.75 bits per heavy atom. The molecule has 0 spiro atoms. The molecule has 6 rings (SSSR count). The number of carbonyl (C=O) groups is 4. The molecule has 0 saturated heterocycles. The number of aldehydes is 1. The zero-order valence-corrected chi connectivity index (χ0v) is 31.3. The standard InChI is InChI=1S/C40H40N2O4Si2/c1-22(2)41-38(44)29-13-11-27-33-25(16-18-48(8,9)10)20-31-35-30(39(45)42(23(3)4)40(31)46)14-12-28(37(33)35)32-24(15-17-47(5,6)7)19-26(21-43)34(29)36(27)32/h11-14,19-23H,1-10H3,(H,41,44). The Kier molecular flexibility index (Phi) is 7.90. The van der Waals surface area contributed by atoms with Crippen LogP contribution in [0, 0.1) is 22.9 Å². The number of fused-ring (bicyclic) bond motifs is 2. The van der Waals surface area contributed by atoms with Gasteiger partial charge in [-0.25, -0.2) is 0 Å². The van der Waals surface area contributed by atoms with Crippen molar-refractivity contribution in [3.05, 3.63) is 69.8 Å². The lowest BCUT2D eigenvalue weighted by Crippen LogP contribution is -2.44. The van der Waals surface area contributed by atoms with Crippen molar-refractivity contribution < 1.29 is 19.2 Å². The molecule has 0 aromatic heterocycles. The van der Waals surface area contributed by atoms with Crippen LogP contribution in [0.1, 0.15) is 80.3 Å². The summed E-state index contributed by atoms with van der Waals surface area (Å²) < 4.78 is 0. The van der Waals surface area contributed by atoms with Crippen molar-refractivity contribution in [2.75, 3.05) is 0 Å². The summed E-state index contributed by atoms with van der Waals surface area (Å²) in [5.41, 5.74) is 10.0. The molecule has 48 heavy (non-hydrogen) atoms. The van der Waals surface area contributed by atoms with Crippen LogP contribution in [-0.4, -0.2) is 57.1 Å². The smallest absolute Gasteiger partial charge is 0.261 e. The van der Waals surface area contributed by atoms with E-state index in [9.17, 15) is 19.2 Å². The van der Waals surface area contributed by atoms with Crippen molar-refractivity contribution >= 4 is 83.2 Å². The van der Waals surface area contributed by atoms with Crippen LogP contribution in [0.4, 0.5) is 0 Å². The molecule has 0 fully saturated rings. The maximum atomic E-state index is 14.1. The predicted octanol–water partition coefficient (Wildman–Crippen LogP) is 8.15. The maximum Gasteiger partial charge on any atom is 0.261 e. The van der Waals surface area contributed by atoms with E-state index >= 15 is 0 Å². The van der Waals surface area contributed by atoms with Crippen molar-refractivity contribution in [3.63, 3.8) is 0 Å². The van der Waals surface area contributed by atoms with Crippen LogP contribution in [0.5, 0.6) is 0 Å². The van der Waals surface area contributed by atoms with E-state index in [2.05, 4.69) is 67.5 Å². The summed E-state index contributed by atoms with van der Waals surface area (Å²) in [6.45, 7) is 20.5. The minimum Gasteiger partial charge on any atom is -0.350 e. The van der Waals surface area contributed by atoms with E-state index in [0.717, 1.165) is 38.6 Å². The van der Waals surface area contributed by atoms with Gasteiger partial charge in [-0.1, -0.05) is 63.3 Å². The summed E-state index contributed by atoms with van der Waals surface area (Å²) in [4.78, 5) is 55.9. The van der Waals surface area contributed by atoms with Gasteiger partial charge in [0.25, 0.3) is 17.7 Å². The number of amides is 3. The van der Waals surface area contributed by atoms with Crippen LogP contribution in [-0.2, 0) is 0 Å². The molecule has 1 heterocycles. The quantitative estimate of drug-likeness (QED) is 0.0523. The predicted molar refractivity (Wildman–Crippen MR) is 202 cm³/mol. The van der Waals surface area contributed by atoms with E-state index in [0.29, 0.717) is 44.2 Å².